The summed E-state index contributed by atoms with van der Waals surface area (Å²) in [4.78, 5) is 14.1. The number of hydrogen-bond donors (Lipinski definition) is 3. The minimum atomic E-state index is -1.07. The average Bonchev–Trinajstić information content (AvgIpc) is 2.49. The van der Waals surface area contributed by atoms with Gasteiger partial charge >= 0.3 is 0 Å². The number of nitrogens with one attached hydrogen (secondary N) is 1. The van der Waals surface area contributed by atoms with Gasteiger partial charge in [-0.2, -0.15) is 0 Å². The van der Waals surface area contributed by atoms with E-state index in [1.807, 2.05) is 6.92 Å². The van der Waals surface area contributed by atoms with Crippen LogP contribution in [0.3, 0.4) is 0 Å². The van der Waals surface area contributed by atoms with Gasteiger partial charge in [0, 0.05) is 12.6 Å². The van der Waals surface area contributed by atoms with Crippen LogP contribution in [0.1, 0.15) is 18.9 Å². The Morgan fingerprint density at radius 3 is 3.00 bits per heavy atom. The number of nitrogens with zero attached hydrogens (tertiary/aromatic N) is 1. The number of fused-ring (bicyclic) bond motifs is 1. The smallest absolute Gasteiger partial charge is 0.230 e. The highest BCUT2D eigenvalue weighted by molar-refractivity contribution is 5.82. The number of amides is 1. The lowest BCUT2D eigenvalue weighted by molar-refractivity contribution is -0.164. The van der Waals surface area contributed by atoms with Crippen LogP contribution in [-0.2, 0) is 15.1 Å². The largest absolute Gasteiger partial charge is 0.508 e. The Morgan fingerprint density at radius 1 is 1.55 bits per heavy atom. The molecule has 2 saturated heterocycles. The Kier molecular flexibility index (Phi) is 3.58. The third-order valence-corrected chi connectivity index (χ3v) is 4.66. The standard InChI is InChI=1S/C15H20FN3O3/c1-8-5-11-13(21)19(2)14(17)18-15(11,7-22-8)10-6-9(20)3-4-12(10)16/h3-4,6,8,11,14,18,20H,5,7,17H2,1-2H3/t8-,11-,14?,15+/m0/s1. The minimum Gasteiger partial charge on any atom is -0.508 e. The first-order valence-corrected chi connectivity index (χ1v) is 7.25. The molecule has 0 saturated carbocycles. The molecule has 4 N–H and O–H groups in total. The monoisotopic (exact) mass is 309 g/mol. The molecule has 2 aliphatic heterocycles. The van der Waals surface area contributed by atoms with Crippen LogP contribution in [-0.4, -0.2) is 42.0 Å². The fraction of sp³-hybridized carbons (Fsp3) is 0.533. The molecular formula is C15H20FN3O3. The molecule has 7 heteroatoms. The highest BCUT2D eigenvalue weighted by Gasteiger charge is 2.55. The number of carbonyl (C=O) groups is 1. The number of carbonyl (C=O) groups excluding carboxylic acids is 1. The predicted molar refractivity (Wildman–Crippen MR) is 77.1 cm³/mol. The van der Waals surface area contributed by atoms with Gasteiger partial charge in [0.15, 0.2) is 0 Å². The normalized spacial score (nSPS) is 35.4. The third-order valence-electron chi connectivity index (χ3n) is 4.66. The number of halogens is 1. The zero-order valence-electron chi connectivity index (χ0n) is 12.5. The molecule has 1 aromatic carbocycles. The molecule has 0 aromatic heterocycles. The molecule has 120 valence electrons. The van der Waals surface area contributed by atoms with Crippen molar-refractivity contribution in [3.63, 3.8) is 0 Å². The number of nitrogens with two attached hydrogens (primary N) is 1. The predicted octanol–water partition coefficient (Wildman–Crippen LogP) is 0.456. The zero-order valence-corrected chi connectivity index (χ0v) is 12.5. The van der Waals surface area contributed by atoms with E-state index in [4.69, 9.17) is 10.5 Å². The maximum Gasteiger partial charge on any atom is 0.230 e. The van der Waals surface area contributed by atoms with E-state index in [1.54, 1.807) is 7.05 Å². The number of phenolic OH excluding ortho intramolecular Hbond substituents is 1. The Labute approximate surface area is 128 Å². The number of ether oxygens (including phenoxy) is 1. The Balaban J connectivity index is 2.14. The molecule has 1 unspecified atom stereocenters. The maximum atomic E-state index is 14.4. The molecule has 2 aliphatic rings. The molecule has 1 aromatic rings. The molecule has 3 rings (SSSR count). The minimum absolute atomic E-state index is 0.0649. The fourth-order valence-corrected chi connectivity index (χ4v) is 3.37. The second-order valence-electron chi connectivity index (χ2n) is 6.08. The first kappa shape index (κ1) is 15.2. The highest BCUT2D eigenvalue weighted by Crippen LogP contribution is 2.43. The fourth-order valence-electron chi connectivity index (χ4n) is 3.37. The quantitative estimate of drug-likeness (QED) is 0.701. The van der Waals surface area contributed by atoms with E-state index in [0.29, 0.717) is 6.42 Å². The van der Waals surface area contributed by atoms with Crippen LogP contribution in [0.15, 0.2) is 18.2 Å². The summed E-state index contributed by atoms with van der Waals surface area (Å²) in [6, 6.07) is 3.79. The van der Waals surface area contributed by atoms with Crippen molar-refractivity contribution in [1.82, 2.24) is 10.2 Å². The topological polar surface area (TPSA) is 87.8 Å². The number of hydrogen-bond acceptors (Lipinski definition) is 5. The first-order valence-electron chi connectivity index (χ1n) is 7.25. The van der Waals surface area contributed by atoms with Gasteiger partial charge in [0.25, 0.3) is 0 Å². The first-order chi connectivity index (χ1) is 10.3. The summed E-state index contributed by atoms with van der Waals surface area (Å²) in [6.45, 7) is 2.00. The molecule has 0 radical (unpaired) electrons. The van der Waals surface area contributed by atoms with Crippen molar-refractivity contribution in [2.45, 2.75) is 31.3 Å². The van der Waals surface area contributed by atoms with Gasteiger partial charge in [-0.1, -0.05) is 0 Å². The summed E-state index contributed by atoms with van der Waals surface area (Å²) in [6.07, 6.45) is -0.396. The van der Waals surface area contributed by atoms with Crippen molar-refractivity contribution in [2.75, 3.05) is 13.7 Å². The maximum absolute atomic E-state index is 14.4. The molecule has 6 nitrogen and oxygen atoms in total. The van der Waals surface area contributed by atoms with Gasteiger partial charge in [0.05, 0.1) is 24.2 Å². The molecule has 2 fully saturated rings. The lowest BCUT2D eigenvalue weighted by atomic mass is 9.72. The van der Waals surface area contributed by atoms with Gasteiger partial charge in [-0.05, 0) is 31.5 Å². The van der Waals surface area contributed by atoms with E-state index in [-0.39, 0.29) is 29.9 Å². The van der Waals surface area contributed by atoms with Crippen molar-refractivity contribution >= 4 is 5.91 Å². The van der Waals surface area contributed by atoms with Gasteiger partial charge in [-0.25, -0.2) is 4.39 Å². The van der Waals surface area contributed by atoms with Crippen molar-refractivity contribution in [1.29, 1.82) is 0 Å². The average molecular weight is 309 g/mol. The van der Waals surface area contributed by atoms with Crippen molar-refractivity contribution in [2.24, 2.45) is 11.7 Å². The molecule has 0 spiro atoms. The summed E-state index contributed by atoms with van der Waals surface area (Å²) in [5.74, 6) is -1.22. The van der Waals surface area contributed by atoms with E-state index in [2.05, 4.69) is 5.32 Å². The van der Waals surface area contributed by atoms with Crippen molar-refractivity contribution in [3.8, 4) is 5.75 Å². The van der Waals surface area contributed by atoms with Crippen LogP contribution >= 0.6 is 0 Å². The van der Waals surface area contributed by atoms with Crippen LogP contribution < -0.4 is 11.1 Å². The van der Waals surface area contributed by atoms with Crippen LogP contribution in [0.4, 0.5) is 4.39 Å². The Hall–Kier alpha value is -1.70. The van der Waals surface area contributed by atoms with Gasteiger partial charge in [-0.15, -0.1) is 0 Å². The van der Waals surface area contributed by atoms with E-state index in [1.165, 1.54) is 23.1 Å². The van der Waals surface area contributed by atoms with Crippen molar-refractivity contribution in [3.05, 3.63) is 29.6 Å². The van der Waals surface area contributed by atoms with E-state index >= 15 is 0 Å². The van der Waals surface area contributed by atoms with E-state index in [0.717, 1.165) is 0 Å². The number of benzene rings is 1. The van der Waals surface area contributed by atoms with Gasteiger partial charge in [0.1, 0.15) is 17.9 Å². The van der Waals surface area contributed by atoms with Crippen LogP contribution in [0.2, 0.25) is 0 Å². The third kappa shape index (κ3) is 2.16. The molecular weight excluding hydrogens is 289 g/mol. The Morgan fingerprint density at radius 2 is 2.27 bits per heavy atom. The summed E-state index contributed by atoms with van der Waals surface area (Å²) < 4.78 is 20.1. The summed E-state index contributed by atoms with van der Waals surface area (Å²) in [5.41, 5.74) is 5.11. The molecule has 0 aliphatic carbocycles. The van der Waals surface area contributed by atoms with Gasteiger partial charge in [0.2, 0.25) is 5.91 Å². The summed E-state index contributed by atoms with van der Waals surface area (Å²) >= 11 is 0. The van der Waals surface area contributed by atoms with E-state index < -0.39 is 23.6 Å². The molecule has 4 atom stereocenters. The summed E-state index contributed by atoms with van der Waals surface area (Å²) in [5, 5.41) is 12.9. The number of rotatable bonds is 1. The lowest BCUT2D eigenvalue weighted by Gasteiger charge is -2.53. The second kappa shape index (κ2) is 5.19. The van der Waals surface area contributed by atoms with Crippen LogP contribution in [0, 0.1) is 11.7 Å². The highest BCUT2D eigenvalue weighted by atomic mass is 19.1. The molecule has 2 heterocycles. The van der Waals surface area contributed by atoms with Gasteiger partial charge in [-0.3, -0.25) is 15.8 Å². The number of aromatic hydroxyl groups is 1. The number of phenols is 1. The van der Waals surface area contributed by atoms with Crippen molar-refractivity contribution < 1.29 is 19.0 Å². The van der Waals surface area contributed by atoms with E-state index in [9.17, 15) is 14.3 Å². The molecule has 1 amide bonds. The molecule has 22 heavy (non-hydrogen) atoms. The SMILES string of the molecule is C[C@H]1C[C@H]2C(=O)N(C)C(N)N[C@@]2(c2cc(O)ccc2F)CO1. The summed E-state index contributed by atoms with van der Waals surface area (Å²) in [7, 11) is 1.61. The lowest BCUT2D eigenvalue weighted by Crippen LogP contribution is -2.73. The van der Waals surface area contributed by atoms with Crippen LogP contribution in [0.25, 0.3) is 0 Å². The van der Waals surface area contributed by atoms with Gasteiger partial charge < -0.3 is 14.7 Å². The molecule has 0 bridgehead atoms. The van der Waals surface area contributed by atoms with Crippen LogP contribution in [0.5, 0.6) is 5.75 Å². The zero-order chi connectivity index (χ0) is 16.1. The second-order valence-corrected chi connectivity index (χ2v) is 6.08. The Bertz CT molecular complexity index is 612.